The number of aliphatic carboxylic acids is 2. The number of thiophene rings is 1. The van der Waals surface area contributed by atoms with E-state index in [0.717, 1.165) is 16.9 Å². The number of carboxylic acid groups (broad SMARTS) is 2. The fourth-order valence-corrected chi connectivity index (χ4v) is 2.43. The Hall–Kier alpha value is -1.36. The van der Waals surface area contributed by atoms with Gasteiger partial charge >= 0.3 is 11.9 Å². The molecular weight excluding hydrogens is 228 g/mol. The summed E-state index contributed by atoms with van der Waals surface area (Å²) in [5, 5.41) is 19.0. The van der Waals surface area contributed by atoms with Crippen LogP contribution in [0.5, 0.6) is 0 Å². The highest BCUT2D eigenvalue weighted by molar-refractivity contribution is 7.10. The summed E-state index contributed by atoms with van der Waals surface area (Å²) in [5.41, 5.74) is 1.04. The third-order valence-electron chi connectivity index (χ3n) is 2.24. The summed E-state index contributed by atoms with van der Waals surface area (Å²) in [7, 11) is 0. The standard InChI is InChI=1S/C11H14O4S/c12-10(13)3-1-2-9-8(6-7-16-9)4-5-11(14)15/h6-7H,1-5H2,(H,12,13)(H,14,15). The second-order valence-corrected chi connectivity index (χ2v) is 4.51. The Morgan fingerprint density at radius 1 is 1.12 bits per heavy atom. The Bertz CT molecular complexity index is 370. The Kier molecular flexibility index (Phi) is 4.98. The zero-order valence-electron chi connectivity index (χ0n) is 8.81. The lowest BCUT2D eigenvalue weighted by atomic mass is 10.1. The Morgan fingerprint density at radius 2 is 1.81 bits per heavy atom. The van der Waals surface area contributed by atoms with Crippen LogP contribution in [0.3, 0.4) is 0 Å². The van der Waals surface area contributed by atoms with Crippen molar-refractivity contribution in [2.45, 2.75) is 32.1 Å². The molecule has 0 saturated heterocycles. The predicted octanol–water partition coefficient (Wildman–Crippen LogP) is 2.17. The van der Waals surface area contributed by atoms with Gasteiger partial charge in [-0.3, -0.25) is 9.59 Å². The fraction of sp³-hybridized carbons (Fsp3) is 0.455. The van der Waals surface area contributed by atoms with Crippen LogP contribution in [0.2, 0.25) is 0 Å². The lowest BCUT2D eigenvalue weighted by Gasteiger charge is -2.01. The predicted molar refractivity (Wildman–Crippen MR) is 60.8 cm³/mol. The third-order valence-corrected chi connectivity index (χ3v) is 3.26. The molecule has 1 rings (SSSR count). The van der Waals surface area contributed by atoms with E-state index in [0.29, 0.717) is 12.8 Å². The largest absolute Gasteiger partial charge is 0.481 e. The first-order chi connectivity index (χ1) is 7.59. The molecular formula is C11H14O4S. The molecule has 5 heteroatoms. The van der Waals surface area contributed by atoms with Gasteiger partial charge in [0.15, 0.2) is 0 Å². The lowest BCUT2D eigenvalue weighted by molar-refractivity contribution is -0.138. The monoisotopic (exact) mass is 242 g/mol. The van der Waals surface area contributed by atoms with Gasteiger partial charge in [-0.05, 0) is 36.3 Å². The minimum atomic E-state index is -0.803. The zero-order valence-corrected chi connectivity index (χ0v) is 9.63. The van der Waals surface area contributed by atoms with Gasteiger partial charge in [0.05, 0.1) is 0 Å². The van der Waals surface area contributed by atoms with E-state index >= 15 is 0 Å². The van der Waals surface area contributed by atoms with Crippen molar-refractivity contribution in [3.05, 3.63) is 21.9 Å². The highest BCUT2D eigenvalue weighted by atomic mass is 32.1. The van der Waals surface area contributed by atoms with Crippen LogP contribution in [0.15, 0.2) is 11.4 Å². The second kappa shape index (κ2) is 6.27. The Morgan fingerprint density at radius 3 is 2.44 bits per heavy atom. The van der Waals surface area contributed by atoms with Crippen molar-refractivity contribution < 1.29 is 19.8 Å². The van der Waals surface area contributed by atoms with Crippen molar-refractivity contribution >= 4 is 23.3 Å². The van der Waals surface area contributed by atoms with Crippen LogP contribution in [0.4, 0.5) is 0 Å². The molecule has 0 fully saturated rings. The van der Waals surface area contributed by atoms with Crippen molar-refractivity contribution in [2.75, 3.05) is 0 Å². The fourth-order valence-electron chi connectivity index (χ4n) is 1.45. The molecule has 0 amide bonds. The first kappa shape index (κ1) is 12.7. The second-order valence-electron chi connectivity index (χ2n) is 3.51. The molecule has 0 aromatic carbocycles. The minimum Gasteiger partial charge on any atom is -0.481 e. The van der Waals surface area contributed by atoms with Crippen LogP contribution in [-0.2, 0) is 22.4 Å². The summed E-state index contributed by atoms with van der Waals surface area (Å²) in [6, 6.07) is 1.92. The smallest absolute Gasteiger partial charge is 0.303 e. The molecule has 0 unspecified atom stereocenters. The van der Waals surface area contributed by atoms with E-state index in [1.807, 2.05) is 11.4 Å². The van der Waals surface area contributed by atoms with Crippen LogP contribution in [0.25, 0.3) is 0 Å². The molecule has 0 aliphatic carbocycles. The zero-order chi connectivity index (χ0) is 12.0. The van der Waals surface area contributed by atoms with Gasteiger partial charge < -0.3 is 10.2 Å². The van der Waals surface area contributed by atoms with Crippen LogP contribution in [-0.4, -0.2) is 22.2 Å². The van der Waals surface area contributed by atoms with Crippen LogP contribution < -0.4 is 0 Å². The van der Waals surface area contributed by atoms with Crippen molar-refractivity contribution in [1.29, 1.82) is 0 Å². The summed E-state index contributed by atoms with van der Waals surface area (Å²) in [6.45, 7) is 0. The number of carboxylic acids is 2. The molecule has 1 aromatic heterocycles. The van der Waals surface area contributed by atoms with Gasteiger partial charge in [-0.2, -0.15) is 0 Å². The quantitative estimate of drug-likeness (QED) is 0.768. The summed E-state index contributed by atoms with van der Waals surface area (Å²) < 4.78 is 0. The van der Waals surface area contributed by atoms with E-state index in [1.54, 1.807) is 11.3 Å². The summed E-state index contributed by atoms with van der Waals surface area (Å²) in [5.74, 6) is -1.59. The normalized spacial score (nSPS) is 10.2. The van der Waals surface area contributed by atoms with Gasteiger partial charge in [0, 0.05) is 17.7 Å². The maximum Gasteiger partial charge on any atom is 0.303 e. The first-order valence-electron chi connectivity index (χ1n) is 5.08. The highest BCUT2D eigenvalue weighted by Crippen LogP contribution is 2.20. The molecule has 0 bridgehead atoms. The summed E-state index contributed by atoms with van der Waals surface area (Å²) >= 11 is 1.57. The molecule has 88 valence electrons. The molecule has 0 atom stereocenters. The van der Waals surface area contributed by atoms with Gasteiger partial charge in [0.2, 0.25) is 0 Å². The van der Waals surface area contributed by atoms with E-state index in [1.165, 1.54) is 0 Å². The van der Waals surface area contributed by atoms with Crippen molar-refractivity contribution in [1.82, 2.24) is 0 Å². The maximum absolute atomic E-state index is 10.4. The first-order valence-corrected chi connectivity index (χ1v) is 5.96. The molecule has 16 heavy (non-hydrogen) atoms. The SMILES string of the molecule is O=C(O)CCCc1sccc1CCC(=O)O. The van der Waals surface area contributed by atoms with Gasteiger partial charge in [-0.1, -0.05) is 0 Å². The molecule has 4 nitrogen and oxygen atoms in total. The summed E-state index contributed by atoms with van der Waals surface area (Å²) in [6.07, 6.45) is 2.15. The average molecular weight is 242 g/mol. The Balaban J connectivity index is 2.43. The van der Waals surface area contributed by atoms with E-state index < -0.39 is 11.9 Å². The van der Waals surface area contributed by atoms with Crippen molar-refractivity contribution in [2.24, 2.45) is 0 Å². The number of rotatable bonds is 7. The average Bonchev–Trinajstić information content (AvgIpc) is 2.62. The van der Waals surface area contributed by atoms with E-state index in [4.69, 9.17) is 10.2 Å². The van der Waals surface area contributed by atoms with Crippen LogP contribution in [0, 0.1) is 0 Å². The van der Waals surface area contributed by atoms with E-state index in [2.05, 4.69) is 0 Å². The lowest BCUT2D eigenvalue weighted by Crippen LogP contribution is -1.99. The molecule has 0 aliphatic heterocycles. The molecule has 2 N–H and O–H groups in total. The van der Waals surface area contributed by atoms with Gasteiger partial charge in [0.1, 0.15) is 0 Å². The minimum absolute atomic E-state index is 0.128. The molecule has 0 spiro atoms. The molecule has 0 saturated carbocycles. The van der Waals surface area contributed by atoms with Gasteiger partial charge in [0.25, 0.3) is 0 Å². The van der Waals surface area contributed by atoms with Crippen molar-refractivity contribution in [3.63, 3.8) is 0 Å². The Labute approximate surface area is 97.5 Å². The third kappa shape index (κ3) is 4.44. The topological polar surface area (TPSA) is 74.6 Å². The van der Waals surface area contributed by atoms with E-state index in [9.17, 15) is 9.59 Å². The van der Waals surface area contributed by atoms with Gasteiger partial charge in [-0.15, -0.1) is 11.3 Å². The number of hydrogen-bond acceptors (Lipinski definition) is 3. The summed E-state index contributed by atoms with van der Waals surface area (Å²) in [4.78, 5) is 21.9. The molecule has 1 heterocycles. The number of carbonyl (C=O) groups is 2. The maximum atomic E-state index is 10.4. The van der Waals surface area contributed by atoms with Crippen molar-refractivity contribution in [3.8, 4) is 0 Å². The molecule has 1 aromatic rings. The van der Waals surface area contributed by atoms with Crippen LogP contribution in [0.1, 0.15) is 29.7 Å². The highest BCUT2D eigenvalue weighted by Gasteiger charge is 2.07. The van der Waals surface area contributed by atoms with Crippen LogP contribution >= 0.6 is 11.3 Å². The number of aryl methyl sites for hydroxylation is 2. The number of hydrogen-bond donors (Lipinski definition) is 2. The van der Waals surface area contributed by atoms with Gasteiger partial charge in [-0.25, -0.2) is 0 Å². The molecule has 0 aliphatic rings. The van der Waals surface area contributed by atoms with E-state index in [-0.39, 0.29) is 12.8 Å². The molecule has 0 radical (unpaired) electrons.